The van der Waals surface area contributed by atoms with Crippen LogP contribution in [0.25, 0.3) is 5.82 Å². The van der Waals surface area contributed by atoms with Crippen LogP contribution in [0.3, 0.4) is 0 Å². The molecule has 1 unspecified atom stereocenters. The van der Waals surface area contributed by atoms with Crippen LogP contribution in [-0.4, -0.2) is 57.1 Å². The Bertz CT molecular complexity index is 1540. The number of amides is 1. The largest absolute Gasteiger partial charge is 0.356 e. The zero-order valence-corrected chi connectivity index (χ0v) is 21.8. The highest BCUT2D eigenvalue weighted by Gasteiger charge is 2.27. The molecule has 13 heteroatoms. The maximum atomic E-state index is 13.1. The quantitative estimate of drug-likeness (QED) is 0.366. The number of aromatic nitrogens is 6. The molecule has 1 amide bonds. The summed E-state index contributed by atoms with van der Waals surface area (Å²) in [6.07, 6.45) is 5.98. The summed E-state index contributed by atoms with van der Waals surface area (Å²) in [5.74, 6) is 1.02. The van der Waals surface area contributed by atoms with Crippen LogP contribution in [0, 0.1) is 19.8 Å². The number of nitrogens with zero attached hydrogens (tertiary/aromatic N) is 7. The van der Waals surface area contributed by atoms with Crippen molar-refractivity contribution in [1.82, 2.24) is 29.7 Å². The molecule has 1 atom stereocenters. The second-order valence-corrected chi connectivity index (χ2v) is 10.7. The average Bonchev–Trinajstić information content (AvgIpc) is 3.27. The van der Waals surface area contributed by atoms with Gasteiger partial charge in [0.25, 0.3) is 10.0 Å². The molecule has 0 aliphatic carbocycles. The lowest BCUT2D eigenvalue weighted by Gasteiger charge is -2.33. The monoisotopic (exact) mass is 533 g/mol. The summed E-state index contributed by atoms with van der Waals surface area (Å²) in [7, 11) is -3.85. The molecule has 5 rings (SSSR count). The summed E-state index contributed by atoms with van der Waals surface area (Å²) in [5.41, 5.74) is 2.39. The van der Waals surface area contributed by atoms with Gasteiger partial charge in [-0.05, 0) is 63.1 Å². The van der Waals surface area contributed by atoms with Crippen LogP contribution in [-0.2, 0) is 14.8 Å². The van der Waals surface area contributed by atoms with E-state index in [1.165, 1.54) is 30.9 Å². The smallest absolute Gasteiger partial charge is 0.264 e. The highest BCUT2D eigenvalue weighted by Crippen LogP contribution is 2.25. The molecule has 4 heterocycles. The minimum Gasteiger partial charge on any atom is -0.356 e. The first-order chi connectivity index (χ1) is 18.3. The highest BCUT2D eigenvalue weighted by molar-refractivity contribution is 7.92. The molecule has 1 aliphatic rings. The summed E-state index contributed by atoms with van der Waals surface area (Å²) in [6.45, 7) is 5.19. The Labute approximate surface area is 220 Å². The van der Waals surface area contributed by atoms with E-state index < -0.39 is 10.0 Å². The zero-order chi connectivity index (χ0) is 26.7. The fourth-order valence-electron chi connectivity index (χ4n) is 4.38. The van der Waals surface area contributed by atoms with E-state index in [9.17, 15) is 13.2 Å². The Hall–Kier alpha value is -4.39. The number of rotatable bonds is 7. The molecule has 0 bridgehead atoms. The Balaban J connectivity index is 1.23. The van der Waals surface area contributed by atoms with Crippen molar-refractivity contribution in [1.29, 1.82) is 0 Å². The summed E-state index contributed by atoms with van der Waals surface area (Å²) in [4.78, 5) is 31.7. The van der Waals surface area contributed by atoms with Gasteiger partial charge in [0.1, 0.15) is 12.1 Å². The Morgan fingerprint density at radius 3 is 2.45 bits per heavy atom. The number of piperidine rings is 1. The number of nitrogens with one attached hydrogen (secondary N) is 2. The first kappa shape index (κ1) is 25.3. The Morgan fingerprint density at radius 2 is 1.74 bits per heavy atom. The second-order valence-electron chi connectivity index (χ2n) is 9.05. The molecule has 1 aliphatic heterocycles. The van der Waals surface area contributed by atoms with Crippen molar-refractivity contribution in [3.05, 3.63) is 72.6 Å². The predicted octanol–water partition coefficient (Wildman–Crippen LogP) is 2.73. The van der Waals surface area contributed by atoms with Gasteiger partial charge < -0.3 is 10.2 Å². The number of aryl methyl sites for hydroxylation is 2. The van der Waals surface area contributed by atoms with Crippen LogP contribution in [0.1, 0.15) is 24.2 Å². The fraction of sp³-hybridized carbons (Fsp3) is 0.280. The lowest BCUT2D eigenvalue weighted by atomic mass is 9.97. The summed E-state index contributed by atoms with van der Waals surface area (Å²) in [5, 5.41) is 7.40. The van der Waals surface area contributed by atoms with Crippen molar-refractivity contribution in [2.24, 2.45) is 5.92 Å². The number of benzene rings is 1. The van der Waals surface area contributed by atoms with E-state index in [-0.39, 0.29) is 22.7 Å². The van der Waals surface area contributed by atoms with Crippen LogP contribution >= 0.6 is 0 Å². The van der Waals surface area contributed by atoms with Crippen LogP contribution < -0.4 is 14.9 Å². The van der Waals surface area contributed by atoms with Crippen molar-refractivity contribution in [2.75, 3.05) is 28.0 Å². The minimum absolute atomic E-state index is 0.0163. The van der Waals surface area contributed by atoms with Gasteiger partial charge in [-0.1, -0.05) is 0 Å². The van der Waals surface area contributed by atoms with E-state index in [1.807, 2.05) is 26.0 Å². The van der Waals surface area contributed by atoms with Crippen LogP contribution in [0.15, 0.2) is 66.1 Å². The molecule has 1 saturated heterocycles. The summed E-state index contributed by atoms with van der Waals surface area (Å²) < 4.78 is 29.3. The van der Waals surface area contributed by atoms with Crippen molar-refractivity contribution < 1.29 is 13.2 Å². The van der Waals surface area contributed by atoms with Gasteiger partial charge in [-0.25, -0.2) is 37.8 Å². The van der Waals surface area contributed by atoms with Gasteiger partial charge in [0.05, 0.1) is 16.5 Å². The first-order valence-corrected chi connectivity index (χ1v) is 13.6. The number of hydrogen-bond donors (Lipinski definition) is 2. The fourth-order valence-corrected chi connectivity index (χ4v) is 5.34. The van der Waals surface area contributed by atoms with E-state index >= 15 is 0 Å². The summed E-state index contributed by atoms with van der Waals surface area (Å²) in [6, 6.07) is 11.4. The standard InChI is InChI=1S/C25H27N9O3S/c1-17-13-18(2)34(31-17)23-14-22(28-16-29-23)33-12-3-5-19(15-33)24(35)30-20-6-8-21(9-7-20)38(36,37)32-25-26-10-4-11-27-25/h4,6-11,13-14,16,19H,3,5,12,15H2,1-2H3,(H,30,35)(H,26,27,32). The third-order valence-electron chi connectivity index (χ3n) is 6.20. The Kier molecular flexibility index (Phi) is 7.01. The van der Waals surface area contributed by atoms with Gasteiger partial charge in [-0.2, -0.15) is 5.10 Å². The van der Waals surface area contributed by atoms with Crippen molar-refractivity contribution in [2.45, 2.75) is 31.6 Å². The van der Waals surface area contributed by atoms with Crippen LogP contribution in [0.2, 0.25) is 0 Å². The molecule has 38 heavy (non-hydrogen) atoms. The topological polar surface area (TPSA) is 148 Å². The van der Waals surface area contributed by atoms with E-state index in [0.29, 0.717) is 18.1 Å². The number of carbonyl (C=O) groups is 1. The molecule has 1 aromatic carbocycles. The summed E-state index contributed by atoms with van der Waals surface area (Å²) >= 11 is 0. The zero-order valence-electron chi connectivity index (χ0n) is 20.9. The lowest BCUT2D eigenvalue weighted by molar-refractivity contribution is -0.120. The SMILES string of the molecule is Cc1cc(C)n(-c2cc(N3CCCC(C(=O)Nc4ccc(S(=O)(=O)Nc5ncccn5)cc4)C3)ncn2)n1. The van der Waals surface area contributed by atoms with Crippen molar-refractivity contribution >= 4 is 33.4 Å². The van der Waals surface area contributed by atoms with Gasteiger partial charge in [0.15, 0.2) is 5.82 Å². The maximum Gasteiger partial charge on any atom is 0.264 e. The molecule has 196 valence electrons. The molecule has 0 saturated carbocycles. The molecule has 3 aromatic heterocycles. The average molecular weight is 534 g/mol. The molecule has 2 N–H and O–H groups in total. The van der Waals surface area contributed by atoms with Gasteiger partial charge >= 0.3 is 0 Å². The molecule has 12 nitrogen and oxygen atoms in total. The maximum absolute atomic E-state index is 13.1. The van der Waals surface area contributed by atoms with Crippen molar-refractivity contribution in [3.63, 3.8) is 0 Å². The molecule has 4 aromatic rings. The number of anilines is 3. The van der Waals surface area contributed by atoms with Crippen LogP contribution in [0.5, 0.6) is 0 Å². The normalized spacial score (nSPS) is 15.7. The molecule has 0 radical (unpaired) electrons. The Morgan fingerprint density at radius 1 is 1.00 bits per heavy atom. The third-order valence-corrected chi connectivity index (χ3v) is 7.55. The second kappa shape index (κ2) is 10.5. The van der Waals surface area contributed by atoms with Gasteiger partial charge in [-0.15, -0.1) is 0 Å². The van der Waals surface area contributed by atoms with Gasteiger partial charge in [-0.3, -0.25) is 4.79 Å². The predicted molar refractivity (Wildman–Crippen MR) is 141 cm³/mol. The molecular weight excluding hydrogens is 506 g/mol. The highest BCUT2D eigenvalue weighted by atomic mass is 32.2. The van der Waals surface area contributed by atoms with Gasteiger partial charge in [0, 0.05) is 42.9 Å². The molecular formula is C25H27N9O3S. The van der Waals surface area contributed by atoms with E-state index in [0.717, 1.165) is 36.6 Å². The molecule has 1 fully saturated rings. The van der Waals surface area contributed by atoms with E-state index in [2.05, 4.69) is 40.0 Å². The first-order valence-electron chi connectivity index (χ1n) is 12.1. The van der Waals surface area contributed by atoms with Crippen molar-refractivity contribution in [3.8, 4) is 5.82 Å². The number of hydrogen-bond acceptors (Lipinski definition) is 9. The third kappa shape index (κ3) is 5.62. The van der Waals surface area contributed by atoms with Gasteiger partial charge in [0.2, 0.25) is 11.9 Å². The number of sulfonamides is 1. The minimum atomic E-state index is -3.85. The van der Waals surface area contributed by atoms with Crippen LogP contribution in [0.4, 0.5) is 17.5 Å². The van der Waals surface area contributed by atoms with E-state index in [4.69, 9.17) is 0 Å². The lowest BCUT2D eigenvalue weighted by Crippen LogP contribution is -2.41. The molecule has 0 spiro atoms. The van der Waals surface area contributed by atoms with E-state index in [1.54, 1.807) is 22.9 Å². The number of carbonyl (C=O) groups excluding carboxylic acids is 1.